The number of nitrogens with zero attached hydrogens (tertiary/aromatic N) is 3. The van der Waals surface area contributed by atoms with Gasteiger partial charge in [-0.15, -0.1) is 0 Å². The second kappa shape index (κ2) is 6.35. The van der Waals surface area contributed by atoms with E-state index < -0.39 is 5.82 Å². The van der Waals surface area contributed by atoms with E-state index in [1.165, 1.54) is 12.1 Å². The molecule has 1 aromatic carbocycles. The molecule has 0 spiro atoms. The Kier molecular flexibility index (Phi) is 3.89. The fraction of sp³-hybridized carbons (Fsp3) is 0.167. The summed E-state index contributed by atoms with van der Waals surface area (Å²) in [5, 5.41) is 6.48. The first-order chi connectivity index (χ1) is 12.2. The van der Waals surface area contributed by atoms with Gasteiger partial charge in [-0.3, -0.25) is 10.3 Å². The first-order valence-corrected chi connectivity index (χ1v) is 7.91. The zero-order valence-electron chi connectivity index (χ0n) is 13.3. The predicted octanol–water partition coefficient (Wildman–Crippen LogP) is 3.47. The van der Waals surface area contributed by atoms with Gasteiger partial charge in [-0.2, -0.15) is 0 Å². The summed E-state index contributed by atoms with van der Waals surface area (Å²) in [6.45, 7) is 1.04. The Labute approximate surface area is 143 Å². The molecule has 0 saturated heterocycles. The third-order valence-electron chi connectivity index (χ3n) is 4.15. The number of hydrogen-bond donors (Lipinski definition) is 1. The van der Waals surface area contributed by atoms with Gasteiger partial charge in [0, 0.05) is 18.8 Å². The Bertz CT molecular complexity index is 925. The highest BCUT2D eigenvalue weighted by molar-refractivity contribution is 5.88. The summed E-state index contributed by atoms with van der Waals surface area (Å²) in [7, 11) is 0. The fourth-order valence-electron chi connectivity index (χ4n) is 2.84. The lowest BCUT2D eigenvalue weighted by atomic mass is 10.1. The molecule has 2 amide bonds. The van der Waals surface area contributed by atoms with Crippen molar-refractivity contribution in [3.8, 4) is 11.3 Å². The van der Waals surface area contributed by atoms with Gasteiger partial charge in [0.15, 0.2) is 11.6 Å². The van der Waals surface area contributed by atoms with Gasteiger partial charge >= 0.3 is 6.03 Å². The standard InChI is InChI=1S/C18H15FN4O2/c19-14-6-2-1-5-13(14)16-10-17(22-25-16)21-18(24)23-9-7-12-4-3-8-20-15(12)11-23/h1-6,8,10H,7,9,11H2,(H,21,22,24). The number of urea groups is 1. The van der Waals surface area contributed by atoms with Crippen LogP contribution in [0.5, 0.6) is 0 Å². The number of benzene rings is 1. The van der Waals surface area contributed by atoms with E-state index in [9.17, 15) is 9.18 Å². The molecule has 2 aromatic heterocycles. The van der Waals surface area contributed by atoms with Gasteiger partial charge in [-0.25, -0.2) is 9.18 Å². The van der Waals surface area contributed by atoms with Crippen LogP contribution in [0.3, 0.4) is 0 Å². The molecule has 1 aliphatic heterocycles. The van der Waals surface area contributed by atoms with Crippen molar-refractivity contribution in [2.45, 2.75) is 13.0 Å². The molecule has 4 rings (SSSR count). The van der Waals surface area contributed by atoms with E-state index in [0.29, 0.717) is 18.7 Å². The quantitative estimate of drug-likeness (QED) is 0.777. The topological polar surface area (TPSA) is 71.3 Å². The fourth-order valence-corrected chi connectivity index (χ4v) is 2.84. The van der Waals surface area contributed by atoms with E-state index in [-0.39, 0.29) is 17.6 Å². The van der Waals surface area contributed by atoms with E-state index >= 15 is 0 Å². The summed E-state index contributed by atoms with van der Waals surface area (Å²) in [5.74, 6) is 0.101. The number of rotatable bonds is 2. The van der Waals surface area contributed by atoms with Crippen LogP contribution in [-0.4, -0.2) is 27.6 Å². The van der Waals surface area contributed by atoms with Crippen LogP contribution in [0.4, 0.5) is 15.0 Å². The van der Waals surface area contributed by atoms with E-state index in [1.54, 1.807) is 29.3 Å². The largest absolute Gasteiger partial charge is 0.354 e. The van der Waals surface area contributed by atoms with Crippen molar-refractivity contribution in [3.63, 3.8) is 0 Å². The Morgan fingerprint density at radius 3 is 3.00 bits per heavy atom. The molecule has 0 atom stereocenters. The van der Waals surface area contributed by atoms with Crippen molar-refractivity contribution in [1.29, 1.82) is 0 Å². The molecule has 3 heterocycles. The molecule has 0 radical (unpaired) electrons. The van der Waals surface area contributed by atoms with Gasteiger partial charge in [-0.05, 0) is 30.2 Å². The van der Waals surface area contributed by atoms with Crippen molar-refractivity contribution >= 4 is 11.8 Å². The maximum absolute atomic E-state index is 13.8. The van der Waals surface area contributed by atoms with Crippen molar-refractivity contribution in [3.05, 3.63) is 65.7 Å². The molecule has 0 bridgehead atoms. The molecule has 3 aromatic rings. The second-order valence-corrected chi connectivity index (χ2v) is 5.77. The summed E-state index contributed by atoms with van der Waals surface area (Å²) in [4.78, 5) is 18.4. The summed E-state index contributed by atoms with van der Waals surface area (Å²) >= 11 is 0. The van der Waals surface area contributed by atoms with Gasteiger partial charge in [-0.1, -0.05) is 23.4 Å². The van der Waals surface area contributed by atoms with Crippen molar-refractivity contribution in [2.75, 3.05) is 11.9 Å². The molecule has 0 aliphatic carbocycles. The molecule has 1 aliphatic rings. The number of hydrogen-bond acceptors (Lipinski definition) is 4. The van der Waals surface area contributed by atoms with Crippen LogP contribution in [0.1, 0.15) is 11.3 Å². The summed E-state index contributed by atoms with van der Waals surface area (Å²) in [6.07, 6.45) is 2.48. The predicted molar refractivity (Wildman–Crippen MR) is 89.3 cm³/mol. The van der Waals surface area contributed by atoms with Gasteiger partial charge in [0.2, 0.25) is 0 Å². The lowest BCUT2D eigenvalue weighted by molar-refractivity contribution is 0.205. The van der Waals surface area contributed by atoms with Crippen LogP contribution in [0.2, 0.25) is 0 Å². The van der Waals surface area contributed by atoms with Gasteiger partial charge in [0.1, 0.15) is 5.82 Å². The molecule has 7 heteroatoms. The number of amides is 2. The number of carbonyl (C=O) groups is 1. The SMILES string of the molecule is O=C(Nc1cc(-c2ccccc2F)on1)N1CCc2cccnc2C1. The third kappa shape index (κ3) is 3.08. The molecule has 6 nitrogen and oxygen atoms in total. The molecule has 0 saturated carbocycles. The maximum Gasteiger partial charge on any atom is 0.323 e. The highest BCUT2D eigenvalue weighted by Crippen LogP contribution is 2.25. The number of nitrogens with one attached hydrogen (secondary N) is 1. The van der Waals surface area contributed by atoms with E-state index in [2.05, 4.69) is 15.5 Å². The smallest absolute Gasteiger partial charge is 0.323 e. The molecule has 1 N–H and O–H groups in total. The van der Waals surface area contributed by atoms with Gasteiger partial charge < -0.3 is 9.42 Å². The number of aromatic nitrogens is 2. The molecular weight excluding hydrogens is 323 g/mol. The summed E-state index contributed by atoms with van der Waals surface area (Å²) in [5.41, 5.74) is 2.36. The highest BCUT2D eigenvalue weighted by atomic mass is 19.1. The van der Waals surface area contributed by atoms with E-state index in [1.807, 2.05) is 12.1 Å². The van der Waals surface area contributed by atoms with Crippen molar-refractivity contribution < 1.29 is 13.7 Å². The zero-order valence-corrected chi connectivity index (χ0v) is 13.3. The third-order valence-corrected chi connectivity index (χ3v) is 4.15. The summed E-state index contributed by atoms with van der Waals surface area (Å²) in [6, 6.07) is 11.4. The van der Waals surface area contributed by atoms with Crippen molar-refractivity contribution in [2.24, 2.45) is 0 Å². The Balaban J connectivity index is 1.47. The van der Waals surface area contributed by atoms with Crippen LogP contribution in [0.15, 0.2) is 53.2 Å². The minimum Gasteiger partial charge on any atom is -0.354 e. The van der Waals surface area contributed by atoms with Crippen molar-refractivity contribution in [1.82, 2.24) is 15.0 Å². The minimum absolute atomic E-state index is 0.245. The number of anilines is 1. The average molecular weight is 338 g/mol. The van der Waals surface area contributed by atoms with Crippen LogP contribution in [0.25, 0.3) is 11.3 Å². The first kappa shape index (κ1) is 15.3. The molecule has 25 heavy (non-hydrogen) atoms. The monoisotopic (exact) mass is 338 g/mol. The zero-order chi connectivity index (χ0) is 17.2. The van der Waals surface area contributed by atoms with Crippen LogP contribution < -0.4 is 5.32 Å². The minimum atomic E-state index is -0.407. The van der Waals surface area contributed by atoms with Crippen LogP contribution in [-0.2, 0) is 13.0 Å². The average Bonchev–Trinajstić information content (AvgIpc) is 3.10. The number of fused-ring (bicyclic) bond motifs is 1. The normalized spacial score (nSPS) is 13.4. The number of halogens is 1. The molecule has 126 valence electrons. The van der Waals surface area contributed by atoms with Gasteiger partial charge in [0.25, 0.3) is 0 Å². The summed E-state index contributed by atoms with van der Waals surface area (Å²) < 4.78 is 18.9. The first-order valence-electron chi connectivity index (χ1n) is 7.91. The number of carbonyl (C=O) groups excluding carboxylic acids is 1. The molecule has 0 unspecified atom stereocenters. The Morgan fingerprint density at radius 1 is 1.24 bits per heavy atom. The van der Waals surface area contributed by atoms with Crippen LogP contribution >= 0.6 is 0 Å². The van der Waals surface area contributed by atoms with Crippen LogP contribution in [0, 0.1) is 5.82 Å². The van der Waals surface area contributed by atoms with Gasteiger partial charge in [0.05, 0.1) is 17.8 Å². The number of pyridine rings is 1. The molecular formula is C18H15FN4O2. The second-order valence-electron chi connectivity index (χ2n) is 5.77. The Morgan fingerprint density at radius 2 is 2.12 bits per heavy atom. The Hall–Kier alpha value is -3.22. The lowest BCUT2D eigenvalue weighted by Gasteiger charge is -2.27. The lowest BCUT2D eigenvalue weighted by Crippen LogP contribution is -2.39. The van der Waals surface area contributed by atoms with E-state index in [0.717, 1.165) is 17.7 Å². The highest BCUT2D eigenvalue weighted by Gasteiger charge is 2.22. The maximum atomic E-state index is 13.8. The van der Waals surface area contributed by atoms with E-state index in [4.69, 9.17) is 4.52 Å². The molecule has 0 fully saturated rings.